The van der Waals surface area contributed by atoms with Gasteiger partial charge in [-0.25, -0.2) is 9.50 Å². The van der Waals surface area contributed by atoms with E-state index in [1.54, 1.807) is 0 Å². The maximum Gasteiger partial charge on any atom is 0.177 e. The van der Waals surface area contributed by atoms with Crippen molar-refractivity contribution in [3.05, 3.63) is 41.8 Å². The lowest BCUT2D eigenvalue weighted by molar-refractivity contribution is 0.00739. The topological polar surface area (TPSA) is 74.6 Å². The number of nitrogens with one attached hydrogen (secondary N) is 1. The van der Waals surface area contributed by atoms with Gasteiger partial charge in [0.2, 0.25) is 0 Å². The number of nitrogens with zero attached hydrogens (tertiary/aromatic N) is 6. The molecule has 9 heteroatoms. The number of hydrogen-bond acceptors (Lipinski definition) is 6. The Hall–Kier alpha value is -2.68. The van der Waals surface area contributed by atoms with E-state index in [9.17, 15) is 0 Å². The Morgan fingerprint density at radius 3 is 2.73 bits per heavy atom. The number of aromatic amines is 1. The lowest BCUT2D eigenvalue weighted by Gasteiger charge is -2.41. The van der Waals surface area contributed by atoms with E-state index in [-0.39, 0.29) is 0 Å². The number of rotatable bonds is 4. The van der Waals surface area contributed by atoms with E-state index < -0.39 is 0 Å². The molecule has 0 spiro atoms. The molecule has 0 atom stereocenters. The van der Waals surface area contributed by atoms with Gasteiger partial charge in [-0.05, 0) is 37.8 Å². The van der Waals surface area contributed by atoms with Gasteiger partial charge in [-0.1, -0.05) is 17.7 Å². The lowest BCUT2D eigenvalue weighted by atomic mass is 9.89. The summed E-state index contributed by atoms with van der Waals surface area (Å²) in [7, 11) is 2.16. The molecule has 1 N–H and O–H groups in total. The quantitative estimate of drug-likeness (QED) is 0.491. The second-order valence-electron chi connectivity index (χ2n) is 9.12. The van der Waals surface area contributed by atoms with Crippen molar-refractivity contribution in [3.8, 4) is 11.3 Å². The zero-order valence-corrected chi connectivity index (χ0v) is 19.5. The number of aromatic nitrogens is 5. The molecule has 0 unspecified atom stereocenters. The zero-order valence-electron chi connectivity index (χ0n) is 18.7. The number of halogens is 1. The first-order valence-electron chi connectivity index (χ1n) is 11.7. The van der Waals surface area contributed by atoms with Crippen molar-refractivity contribution in [2.75, 3.05) is 38.3 Å². The summed E-state index contributed by atoms with van der Waals surface area (Å²) in [5, 5.41) is 13.2. The van der Waals surface area contributed by atoms with E-state index in [4.69, 9.17) is 21.3 Å². The van der Waals surface area contributed by atoms with Crippen molar-refractivity contribution >= 4 is 33.8 Å². The fraction of sp³-hybridized carbons (Fsp3) is 0.458. The molecule has 0 radical (unpaired) electrons. The highest BCUT2D eigenvalue weighted by atomic mass is 35.5. The third-order valence-electron chi connectivity index (χ3n) is 7.31. The summed E-state index contributed by atoms with van der Waals surface area (Å²) in [6.07, 6.45) is 8.47. The maximum absolute atomic E-state index is 6.51. The van der Waals surface area contributed by atoms with E-state index in [1.807, 2.05) is 29.0 Å². The molecule has 3 aromatic heterocycles. The molecule has 33 heavy (non-hydrogen) atoms. The number of ether oxygens (including phenoxy) is 1. The van der Waals surface area contributed by atoms with Gasteiger partial charge in [0, 0.05) is 49.2 Å². The summed E-state index contributed by atoms with van der Waals surface area (Å²) in [4.78, 5) is 9.73. The molecule has 1 aliphatic carbocycles. The highest BCUT2D eigenvalue weighted by Gasteiger charge is 2.30. The minimum absolute atomic E-state index is 0.465. The number of morpholine rings is 1. The summed E-state index contributed by atoms with van der Waals surface area (Å²) in [5.41, 5.74) is 4.82. The summed E-state index contributed by atoms with van der Waals surface area (Å²) in [5.74, 6) is 0. The third kappa shape index (κ3) is 3.86. The van der Waals surface area contributed by atoms with Gasteiger partial charge in [0.1, 0.15) is 0 Å². The Morgan fingerprint density at radius 1 is 1.09 bits per heavy atom. The Balaban J connectivity index is 1.27. The monoisotopic (exact) mass is 465 g/mol. The summed E-state index contributed by atoms with van der Waals surface area (Å²) < 4.78 is 7.40. The number of hydrogen-bond donors (Lipinski definition) is 1. The van der Waals surface area contributed by atoms with Gasteiger partial charge in [-0.3, -0.25) is 10.00 Å². The third-order valence-corrected chi connectivity index (χ3v) is 7.50. The van der Waals surface area contributed by atoms with Gasteiger partial charge < -0.3 is 9.64 Å². The molecular formula is C24H28ClN7O. The average molecular weight is 466 g/mol. The Bertz CT molecular complexity index is 1270. The second-order valence-corrected chi connectivity index (χ2v) is 9.51. The summed E-state index contributed by atoms with van der Waals surface area (Å²) in [6.45, 7) is 3.85. The Labute approximate surface area is 197 Å². The van der Waals surface area contributed by atoms with Crippen LogP contribution in [-0.2, 0) is 4.74 Å². The molecule has 1 saturated heterocycles. The van der Waals surface area contributed by atoms with Crippen LogP contribution in [0.3, 0.4) is 0 Å². The highest BCUT2D eigenvalue weighted by Crippen LogP contribution is 2.33. The van der Waals surface area contributed by atoms with Gasteiger partial charge in [-0.15, -0.1) is 0 Å². The molecule has 2 fully saturated rings. The molecule has 1 aromatic carbocycles. The number of benzene rings is 1. The SMILES string of the molecule is CN(c1cc(Cl)nn2c(-c3ccc4[nH]ncc4c3)cnc12)C1CCC(N2CCOCC2)CC1. The smallest absolute Gasteiger partial charge is 0.177 e. The standard InChI is InChI=1S/C24H28ClN7O/c1-30(18-3-5-19(6-4-18)31-8-10-33-11-9-31)21-13-23(25)29-32-22(15-26-24(21)32)16-2-7-20-17(12-16)14-27-28-20/h2,7,12-15,18-19H,3-6,8-11H2,1H3,(H,27,28). The van der Waals surface area contributed by atoms with E-state index in [0.29, 0.717) is 17.2 Å². The van der Waals surface area contributed by atoms with Crippen LogP contribution in [0.1, 0.15) is 25.7 Å². The van der Waals surface area contributed by atoms with Crippen LogP contribution in [0.2, 0.25) is 5.15 Å². The van der Waals surface area contributed by atoms with E-state index in [2.05, 4.69) is 44.3 Å². The largest absolute Gasteiger partial charge is 0.379 e. The molecular weight excluding hydrogens is 438 g/mol. The summed E-state index contributed by atoms with van der Waals surface area (Å²) in [6, 6.07) is 9.27. The first kappa shape index (κ1) is 20.9. The number of anilines is 1. The first-order valence-corrected chi connectivity index (χ1v) is 12.1. The second kappa shape index (κ2) is 8.59. The van der Waals surface area contributed by atoms with Gasteiger partial charge in [0.05, 0.1) is 42.5 Å². The van der Waals surface area contributed by atoms with Crippen molar-refractivity contribution < 1.29 is 4.74 Å². The fourth-order valence-corrected chi connectivity index (χ4v) is 5.61. The van der Waals surface area contributed by atoms with Gasteiger partial charge in [0.25, 0.3) is 0 Å². The number of imidazole rings is 1. The van der Waals surface area contributed by atoms with Crippen molar-refractivity contribution in [1.82, 2.24) is 29.7 Å². The van der Waals surface area contributed by atoms with E-state index in [0.717, 1.165) is 72.6 Å². The molecule has 172 valence electrons. The minimum atomic E-state index is 0.465. The molecule has 0 bridgehead atoms. The van der Waals surface area contributed by atoms with E-state index >= 15 is 0 Å². The van der Waals surface area contributed by atoms with Crippen molar-refractivity contribution in [3.63, 3.8) is 0 Å². The van der Waals surface area contributed by atoms with Gasteiger partial charge in [-0.2, -0.15) is 10.2 Å². The van der Waals surface area contributed by atoms with E-state index in [1.165, 1.54) is 12.8 Å². The van der Waals surface area contributed by atoms with Crippen LogP contribution in [0.25, 0.3) is 27.8 Å². The van der Waals surface area contributed by atoms with Crippen LogP contribution in [0.4, 0.5) is 5.69 Å². The molecule has 4 heterocycles. The van der Waals surface area contributed by atoms with Gasteiger partial charge >= 0.3 is 0 Å². The molecule has 2 aliphatic rings. The summed E-state index contributed by atoms with van der Waals surface area (Å²) >= 11 is 6.51. The van der Waals surface area contributed by atoms with Crippen molar-refractivity contribution in [2.45, 2.75) is 37.8 Å². The minimum Gasteiger partial charge on any atom is -0.379 e. The molecule has 4 aromatic rings. The molecule has 1 saturated carbocycles. The highest BCUT2D eigenvalue weighted by molar-refractivity contribution is 6.29. The molecule has 6 rings (SSSR count). The van der Waals surface area contributed by atoms with Crippen molar-refractivity contribution in [1.29, 1.82) is 0 Å². The molecule has 8 nitrogen and oxygen atoms in total. The van der Waals surface area contributed by atoms with Crippen LogP contribution in [-0.4, -0.2) is 75.1 Å². The number of fused-ring (bicyclic) bond motifs is 2. The predicted molar refractivity (Wildman–Crippen MR) is 130 cm³/mol. The average Bonchev–Trinajstić information content (AvgIpc) is 3.50. The fourth-order valence-electron chi connectivity index (χ4n) is 5.43. The molecule has 0 amide bonds. The van der Waals surface area contributed by atoms with Gasteiger partial charge in [0.15, 0.2) is 10.8 Å². The van der Waals surface area contributed by atoms with Crippen LogP contribution in [0, 0.1) is 0 Å². The van der Waals surface area contributed by atoms with Crippen LogP contribution in [0.5, 0.6) is 0 Å². The molecule has 1 aliphatic heterocycles. The predicted octanol–water partition coefficient (Wildman–Crippen LogP) is 4.01. The van der Waals surface area contributed by atoms with Crippen LogP contribution in [0.15, 0.2) is 36.7 Å². The first-order chi connectivity index (χ1) is 16.2. The Kier molecular flexibility index (Phi) is 5.44. The zero-order chi connectivity index (χ0) is 22.4. The normalized spacial score (nSPS) is 22.2. The number of H-pyrrole nitrogens is 1. The van der Waals surface area contributed by atoms with Crippen LogP contribution >= 0.6 is 11.6 Å². The maximum atomic E-state index is 6.51. The van der Waals surface area contributed by atoms with Crippen LogP contribution < -0.4 is 4.90 Å². The van der Waals surface area contributed by atoms with Crippen molar-refractivity contribution in [2.24, 2.45) is 0 Å². The Morgan fingerprint density at radius 2 is 1.91 bits per heavy atom. The lowest BCUT2D eigenvalue weighted by Crippen LogP contribution is -2.47.